The Morgan fingerprint density at radius 3 is 2.43 bits per heavy atom. The summed E-state index contributed by atoms with van der Waals surface area (Å²) in [7, 11) is 0. The lowest BCUT2D eigenvalue weighted by Crippen LogP contribution is -2.34. The summed E-state index contributed by atoms with van der Waals surface area (Å²) in [5.74, 6) is -0.0421. The highest BCUT2D eigenvalue weighted by Crippen LogP contribution is 2.27. The summed E-state index contributed by atoms with van der Waals surface area (Å²) in [6, 6.07) is 17.8. The molecule has 0 aliphatic rings. The average Bonchev–Trinajstić information content (AvgIpc) is 2.55. The van der Waals surface area contributed by atoms with Gasteiger partial charge < -0.3 is 5.32 Å². The number of aromatic nitrogens is 1. The molecule has 0 fully saturated rings. The molecule has 3 aromatic rings. The van der Waals surface area contributed by atoms with Crippen LogP contribution in [0.4, 0.5) is 5.69 Å². The van der Waals surface area contributed by atoms with Crippen molar-refractivity contribution in [2.75, 3.05) is 5.32 Å². The molecule has 23 heavy (non-hydrogen) atoms. The van der Waals surface area contributed by atoms with Crippen molar-refractivity contribution in [1.82, 2.24) is 4.98 Å². The summed E-state index contributed by atoms with van der Waals surface area (Å²) in [4.78, 5) is 17.2. The minimum Gasteiger partial charge on any atom is -0.323 e. The molecular weight excluding hydrogens is 284 g/mol. The fourth-order valence-electron chi connectivity index (χ4n) is 2.58. The SMILES string of the molecule is Cc1ccc(C(C)(C)C(=O)Nc2cccc3cccnc23)cc1. The van der Waals surface area contributed by atoms with Gasteiger partial charge in [-0.3, -0.25) is 9.78 Å². The summed E-state index contributed by atoms with van der Waals surface area (Å²) < 4.78 is 0. The normalized spacial score (nSPS) is 11.4. The number of rotatable bonds is 3. The van der Waals surface area contributed by atoms with Gasteiger partial charge in [-0.1, -0.05) is 48.0 Å². The van der Waals surface area contributed by atoms with Crippen LogP contribution in [0.2, 0.25) is 0 Å². The lowest BCUT2D eigenvalue weighted by atomic mass is 9.83. The Balaban J connectivity index is 1.92. The van der Waals surface area contributed by atoms with E-state index in [1.54, 1.807) is 6.20 Å². The molecule has 0 radical (unpaired) electrons. The average molecular weight is 304 g/mol. The molecule has 0 aliphatic heterocycles. The van der Waals surface area contributed by atoms with Crippen LogP contribution < -0.4 is 5.32 Å². The van der Waals surface area contributed by atoms with Crippen LogP contribution >= 0.6 is 0 Å². The van der Waals surface area contributed by atoms with Gasteiger partial charge >= 0.3 is 0 Å². The van der Waals surface area contributed by atoms with Gasteiger partial charge in [0.15, 0.2) is 0 Å². The van der Waals surface area contributed by atoms with Crippen molar-refractivity contribution in [3.8, 4) is 0 Å². The number of pyridine rings is 1. The smallest absolute Gasteiger partial charge is 0.234 e. The zero-order valence-corrected chi connectivity index (χ0v) is 13.6. The Bertz CT molecular complexity index is 846. The largest absolute Gasteiger partial charge is 0.323 e. The molecule has 0 saturated heterocycles. The van der Waals surface area contributed by atoms with E-state index in [2.05, 4.69) is 10.3 Å². The monoisotopic (exact) mass is 304 g/mol. The van der Waals surface area contributed by atoms with Crippen LogP contribution in [0.3, 0.4) is 0 Å². The van der Waals surface area contributed by atoms with E-state index in [1.165, 1.54) is 5.56 Å². The molecule has 1 N–H and O–H groups in total. The third-order valence-electron chi connectivity index (χ3n) is 4.22. The summed E-state index contributed by atoms with van der Waals surface area (Å²) in [5.41, 5.74) is 3.11. The predicted molar refractivity (Wildman–Crippen MR) is 94.6 cm³/mol. The summed E-state index contributed by atoms with van der Waals surface area (Å²) in [6.45, 7) is 5.91. The van der Waals surface area contributed by atoms with E-state index in [9.17, 15) is 4.79 Å². The second kappa shape index (κ2) is 5.84. The molecule has 2 aromatic carbocycles. The van der Waals surface area contributed by atoms with Crippen LogP contribution in [0.5, 0.6) is 0 Å². The van der Waals surface area contributed by atoms with E-state index in [-0.39, 0.29) is 5.91 Å². The maximum Gasteiger partial charge on any atom is 0.234 e. The molecule has 3 rings (SSSR count). The standard InChI is InChI=1S/C20H20N2O/c1-14-9-11-16(12-10-14)20(2,3)19(23)22-17-8-4-6-15-7-5-13-21-18(15)17/h4-13H,1-3H3,(H,22,23). The number of fused-ring (bicyclic) bond motifs is 1. The van der Waals surface area contributed by atoms with Gasteiger partial charge in [0, 0.05) is 11.6 Å². The first kappa shape index (κ1) is 15.2. The molecule has 3 heteroatoms. The maximum atomic E-state index is 12.8. The minimum atomic E-state index is -0.620. The topological polar surface area (TPSA) is 42.0 Å². The van der Waals surface area contributed by atoms with Gasteiger partial charge in [-0.05, 0) is 38.5 Å². The fourth-order valence-corrected chi connectivity index (χ4v) is 2.58. The molecule has 0 aliphatic carbocycles. The summed E-state index contributed by atoms with van der Waals surface area (Å²) in [6.07, 6.45) is 1.74. The van der Waals surface area contributed by atoms with Crippen molar-refractivity contribution in [3.05, 3.63) is 71.9 Å². The van der Waals surface area contributed by atoms with Gasteiger partial charge in [-0.2, -0.15) is 0 Å². The lowest BCUT2D eigenvalue weighted by Gasteiger charge is -2.24. The number of carbonyl (C=O) groups excluding carboxylic acids is 1. The zero-order chi connectivity index (χ0) is 16.4. The van der Waals surface area contributed by atoms with Gasteiger partial charge in [0.2, 0.25) is 5.91 Å². The summed E-state index contributed by atoms with van der Waals surface area (Å²) >= 11 is 0. The van der Waals surface area contributed by atoms with E-state index in [0.29, 0.717) is 0 Å². The molecule has 3 nitrogen and oxygen atoms in total. The number of hydrogen-bond acceptors (Lipinski definition) is 2. The number of nitrogens with one attached hydrogen (secondary N) is 1. The second-order valence-electron chi connectivity index (χ2n) is 6.33. The number of para-hydroxylation sites is 1. The van der Waals surface area contributed by atoms with Crippen molar-refractivity contribution in [2.45, 2.75) is 26.2 Å². The predicted octanol–water partition coefficient (Wildman–Crippen LogP) is 4.46. The van der Waals surface area contributed by atoms with Crippen LogP contribution in [0, 0.1) is 6.92 Å². The van der Waals surface area contributed by atoms with Crippen molar-refractivity contribution < 1.29 is 4.79 Å². The molecule has 1 aromatic heterocycles. The second-order valence-corrected chi connectivity index (χ2v) is 6.33. The van der Waals surface area contributed by atoms with E-state index in [0.717, 1.165) is 22.2 Å². The molecule has 1 heterocycles. The van der Waals surface area contributed by atoms with Crippen molar-refractivity contribution >= 4 is 22.5 Å². The highest BCUT2D eigenvalue weighted by atomic mass is 16.2. The van der Waals surface area contributed by atoms with Crippen LogP contribution in [0.1, 0.15) is 25.0 Å². The molecule has 0 saturated carbocycles. The Labute approximate surface area is 136 Å². The van der Waals surface area contributed by atoms with E-state index >= 15 is 0 Å². The van der Waals surface area contributed by atoms with Gasteiger partial charge in [0.05, 0.1) is 16.6 Å². The number of nitrogens with zero attached hydrogens (tertiary/aromatic N) is 1. The minimum absolute atomic E-state index is 0.0421. The number of hydrogen-bond donors (Lipinski definition) is 1. The van der Waals surface area contributed by atoms with E-state index < -0.39 is 5.41 Å². The van der Waals surface area contributed by atoms with Gasteiger partial charge in [0.1, 0.15) is 0 Å². The maximum absolute atomic E-state index is 12.8. The molecule has 0 atom stereocenters. The van der Waals surface area contributed by atoms with Gasteiger partial charge in [0.25, 0.3) is 0 Å². The van der Waals surface area contributed by atoms with Gasteiger partial charge in [-0.15, -0.1) is 0 Å². The zero-order valence-electron chi connectivity index (χ0n) is 13.6. The molecule has 0 spiro atoms. The third-order valence-corrected chi connectivity index (χ3v) is 4.22. The Morgan fingerprint density at radius 2 is 1.70 bits per heavy atom. The van der Waals surface area contributed by atoms with Crippen LogP contribution in [-0.2, 0) is 10.2 Å². The molecular formula is C20H20N2O. The molecule has 1 amide bonds. The highest BCUT2D eigenvalue weighted by Gasteiger charge is 2.30. The van der Waals surface area contributed by atoms with Crippen molar-refractivity contribution in [2.24, 2.45) is 0 Å². The number of aryl methyl sites for hydroxylation is 1. The fraction of sp³-hybridized carbons (Fsp3) is 0.200. The van der Waals surface area contributed by atoms with Crippen molar-refractivity contribution in [1.29, 1.82) is 0 Å². The van der Waals surface area contributed by atoms with E-state index in [1.807, 2.05) is 75.4 Å². The Hall–Kier alpha value is -2.68. The number of anilines is 1. The van der Waals surface area contributed by atoms with Crippen LogP contribution in [-0.4, -0.2) is 10.9 Å². The number of amides is 1. The third kappa shape index (κ3) is 2.95. The molecule has 0 bridgehead atoms. The van der Waals surface area contributed by atoms with Crippen LogP contribution in [0.15, 0.2) is 60.8 Å². The first-order valence-corrected chi connectivity index (χ1v) is 7.71. The summed E-state index contributed by atoms with van der Waals surface area (Å²) in [5, 5.41) is 4.05. The first-order valence-electron chi connectivity index (χ1n) is 7.71. The number of benzene rings is 2. The van der Waals surface area contributed by atoms with Gasteiger partial charge in [-0.25, -0.2) is 0 Å². The van der Waals surface area contributed by atoms with Crippen molar-refractivity contribution in [3.63, 3.8) is 0 Å². The van der Waals surface area contributed by atoms with E-state index in [4.69, 9.17) is 0 Å². The molecule has 0 unspecified atom stereocenters. The lowest BCUT2D eigenvalue weighted by molar-refractivity contribution is -0.120. The highest BCUT2D eigenvalue weighted by molar-refractivity contribution is 6.04. The quantitative estimate of drug-likeness (QED) is 0.776. The first-order chi connectivity index (χ1) is 11.0. The Morgan fingerprint density at radius 1 is 1.00 bits per heavy atom. The molecule has 116 valence electrons. The Kier molecular flexibility index (Phi) is 3.87. The number of carbonyl (C=O) groups is 1. The van der Waals surface area contributed by atoms with Crippen LogP contribution in [0.25, 0.3) is 10.9 Å².